The highest BCUT2D eigenvalue weighted by atomic mass is 16.0. The highest BCUT2D eigenvalue weighted by Gasteiger charge is 2.20. The lowest BCUT2D eigenvalue weighted by molar-refractivity contribution is -0.911. The van der Waals surface area contributed by atoms with Crippen LogP contribution in [-0.2, 0) is 13.7 Å². The average Bonchev–Trinajstić information content (AvgIpc) is 2.86. The molecule has 0 aliphatic carbocycles. The molecule has 2 aromatic heterocycles. The van der Waals surface area contributed by atoms with Gasteiger partial charge in [0, 0.05) is 7.05 Å². The van der Waals surface area contributed by atoms with Crippen molar-refractivity contribution in [1.29, 1.82) is 0 Å². The number of hydrogen-bond acceptors (Lipinski definition) is 7. The second-order valence-electron chi connectivity index (χ2n) is 4.52. The average molecular weight is 255 g/mol. The van der Waals surface area contributed by atoms with Crippen molar-refractivity contribution in [3.05, 3.63) is 0 Å². The number of aryl methyl sites for hydroxylation is 1. The Labute approximate surface area is 104 Å². The second-order valence-corrected chi connectivity index (χ2v) is 4.52. The minimum absolute atomic E-state index is 0. The smallest absolute Gasteiger partial charge is 0.226 e. The molecular weight excluding hydrogens is 238 g/mol. The lowest BCUT2D eigenvalue weighted by atomic mass is 10.5. The van der Waals surface area contributed by atoms with Gasteiger partial charge in [-0.25, -0.2) is 4.68 Å². The maximum Gasteiger partial charge on any atom is 0.226 e. The van der Waals surface area contributed by atoms with Gasteiger partial charge in [-0.05, 0) is 27.8 Å². The Kier molecular flexibility index (Phi) is 4.03. The van der Waals surface area contributed by atoms with Gasteiger partial charge in [0.2, 0.25) is 11.6 Å². The number of quaternary nitrogens is 1. The summed E-state index contributed by atoms with van der Waals surface area (Å²) in [7, 11) is 5.98. The molecule has 10 heteroatoms. The van der Waals surface area contributed by atoms with Gasteiger partial charge in [-0.15, -0.1) is 10.2 Å². The van der Waals surface area contributed by atoms with Crippen LogP contribution in [0.4, 0.5) is 0 Å². The summed E-state index contributed by atoms with van der Waals surface area (Å²) < 4.78 is 4.05. The minimum atomic E-state index is 0. The summed E-state index contributed by atoms with van der Waals surface area (Å²) in [6.07, 6.45) is 0. The molecule has 0 amide bonds. The van der Waals surface area contributed by atoms with Crippen LogP contribution in [0.3, 0.4) is 0 Å². The zero-order valence-corrected chi connectivity index (χ0v) is 10.9. The van der Waals surface area contributed by atoms with E-state index in [0.717, 1.165) is 11.0 Å². The van der Waals surface area contributed by atoms with Gasteiger partial charge in [-0.1, -0.05) is 0 Å². The number of rotatable bonds is 4. The molecule has 0 saturated carbocycles. The monoisotopic (exact) mass is 255 g/mol. The summed E-state index contributed by atoms with van der Waals surface area (Å²) >= 11 is 0. The van der Waals surface area contributed by atoms with E-state index in [2.05, 4.69) is 52.1 Å². The second kappa shape index (κ2) is 5.14. The van der Waals surface area contributed by atoms with Gasteiger partial charge in [0.1, 0.15) is 0 Å². The first-order chi connectivity index (χ1) is 8.03. The molecule has 10 nitrogen and oxygen atoms in total. The fourth-order valence-electron chi connectivity index (χ4n) is 1.34. The molecule has 0 spiro atoms. The Hall–Kier alpha value is -1.94. The summed E-state index contributed by atoms with van der Waals surface area (Å²) in [5.74, 6) is 1.14. The summed E-state index contributed by atoms with van der Waals surface area (Å²) in [4.78, 5) is 0. The van der Waals surface area contributed by atoms with Crippen molar-refractivity contribution in [2.45, 2.75) is 13.6 Å². The van der Waals surface area contributed by atoms with Crippen molar-refractivity contribution in [3.8, 4) is 11.6 Å². The van der Waals surface area contributed by atoms with Crippen LogP contribution in [0, 0.1) is 0 Å². The molecule has 0 radical (unpaired) electrons. The normalized spacial score (nSPS) is 11.3. The molecule has 0 aliphatic heterocycles. The summed E-state index contributed by atoms with van der Waals surface area (Å²) in [6.45, 7) is 3.77. The molecule has 2 aromatic rings. The van der Waals surface area contributed by atoms with Crippen molar-refractivity contribution >= 4 is 0 Å². The third-order valence-corrected chi connectivity index (χ3v) is 2.72. The first-order valence-electron chi connectivity index (χ1n) is 5.34. The van der Waals surface area contributed by atoms with Crippen LogP contribution in [0.2, 0.25) is 0 Å². The third-order valence-electron chi connectivity index (χ3n) is 2.72. The van der Waals surface area contributed by atoms with E-state index >= 15 is 0 Å². The van der Waals surface area contributed by atoms with E-state index in [1.54, 1.807) is 16.4 Å². The number of aromatic nitrogens is 8. The van der Waals surface area contributed by atoms with Crippen LogP contribution in [0.15, 0.2) is 0 Å². The van der Waals surface area contributed by atoms with Gasteiger partial charge in [0.05, 0.1) is 20.6 Å². The van der Waals surface area contributed by atoms with Crippen LogP contribution in [0.1, 0.15) is 6.92 Å². The molecule has 0 aliphatic rings. The topological polar surface area (TPSA) is 117 Å². The van der Waals surface area contributed by atoms with Crippen molar-refractivity contribution < 1.29 is 9.96 Å². The Morgan fingerprint density at radius 3 is 2.22 bits per heavy atom. The number of tetrazole rings is 2. The zero-order chi connectivity index (χ0) is 12.5. The van der Waals surface area contributed by atoms with E-state index in [0.29, 0.717) is 18.3 Å². The van der Waals surface area contributed by atoms with Crippen LogP contribution in [0.25, 0.3) is 11.6 Å². The van der Waals surface area contributed by atoms with E-state index in [1.807, 2.05) is 0 Å². The molecule has 1 N–H and O–H groups in total. The Morgan fingerprint density at radius 1 is 1.06 bits per heavy atom. The van der Waals surface area contributed by atoms with Gasteiger partial charge in [-0.3, -0.25) is 0 Å². The molecular formula is C8H17N9O. The number of hydrogen-bond donors (Lipinski definition) is 0. The van der Waals surface area contributed by atoms with E-state index < -0.39 is 0 Å². The van der Waals surface area contributed by atoms with Crippen molar-refractivity contribution in [2.24, 2.45) is 7.05 Å². The molecule has 100 valence electrons. The van der Waals surface area contributed by atoms with Gasteiger partial charge >= 0.3 is 0 Å². The van der Waals surface area contributed by atoms with Crippen molar-refractivity contribution in [3.63, 3.8) is 0 Å². The molecule has 0 saturated heterocycles. The molecule has 2 rings (SSSR count). The van der Waals surface area contributed by atoms with Gasteiger partial charge in [-0.2, -0.15) is 4.68 Å². The molecule has 18 heavy (non-hydrogen) atoms. The lowest BCUT2D eigenvalue weighted by Gasteiger charge is -2.27. The van der Waals surface area contributed by atoms with Crippen LogP contribution < -0.4 is 0 Å². The molecule has 0 unspecified atom stereocenters. The third kappa shape index (κ3) is 2.65. The summed E-state index contributed by atoms with van der Waals surface area (Å²) in [5.41, 5.74) is 0. The van der Waals surface area contributed by atoms with E-state index in [-0.39, 0.29) is 5.48 Å². The quantitative estimate of drug-likeness (QED) is 0.626. The Bertz CT molecular complexity index is 502. The van der Waals surface area contributed by atoms with Gasteiger partial charge in [0.25, 0.3) is 0 Å². The van der Waals surface area contributed by atoms with Gasteiger partial charge < -0.3 is 9.96 Å². The summed E-state index contributed by atoms with van der Waals surface area (Å²) in [5, 5.41) is 22.9. The standard InChI is InChI=1S/C8H16N9.H2O/c1-5-17(3,4)6-16-8(10-12-14-16)7-9-11-13-15(7)2;/h5-6H2,1-4H3;1H2/q+1;/p-1. The summed E-state index contributed by atoms with van der Waals surface area (Å²) in [6, 6.07) is 0. The van der Waals surface area contributed by atoms with Crippen LogP contribution >= 0.6 is 0 Å². The SMILES string of the molecule is CC[N+](C)(C)Cn1nnnc1-c1nnnn1C.[OH-]. The predicted octanol–water partition coefficient (Wildman–Crippen LogP) is -1.26. The van der Waals surface area contributed by atoms with Crippen LogP contribution in [0.5, 0.6) is 0 Å². The molecule has 0 fully saturated rings. The highest BCUT2D eigenvalue weighted by molar-refractivity contribution is 5.40. The Balaban J connectivity index is 0.00000162. The van der Waals surface area contributed by atoms with E-state index in [4.69, 9.17) is 0 Å². The molecule has 0 aromatic carbocycles. The van der Waals surface area contributed by atoms with Gasteiger partial charge in [0.15, 0.2) is 6.67 Å². The Morgan fingerprint density at radius 2 is 1.67 bits per heavy atom. The van der Waals surface area contributed by atoms with E-state index in [1.165, 1.54) is 0 Å². The van der Waals surface area contributed by atoms with Crippen molar-refractivity contribution in [2.75, 3.05) is 20.6 Å². The fraction of sp³-hybridized carbons (Fsp3) is 0.750. The number of nitrogens with zero attached hydrogens (tertiary/aromatic N) is 9. The molecule has 2 heterocycles. The van der Waals surface area contributed by atoms with Crippen LogP contribution in [-0.4, -0.2) is 71.0 Å². The molecule has 0 bridgehead atoms. The van der Waals surface area contributed by atoms with Crippen molar-refractivity contribution in [1.82, 2.24) is 40.4 Å². The maximum atomic E-state index is 3.98. The largest absolute Gasteiger partial charge is 0.870 e. The first-order valence-corrected chi connectivity index (χ1v) is 5.34. The van der Waals surface area contributed by atoms with E-state index in [9.17, 15) is 0 Å². The maximum absolute atomic E-state index is 3.98. The fourth-order valence-corrected chi connectivity index (χ4v) is 1.34. The predicted molar refractivity (Wildman–Crippen MR) is 60.2 cm³/mol. The highest BCUT2D eigenvalue weighted by Crippen LogP contribution is 2.11. The first kappa shape index (κ1) is 14.1. The zero-order valence-electron chi connectivity index (χ0n) is 10.9. The minimum Gasteiger partial charge on any atom is -0.870 e. The molecule has 0 atom stereocenters. The lowest BCUT2D eigenvalue weighted by Crippen LogP contribution is -2.41.